The zero-order valence-electron chi connectivity index (χ0n) is 12.0. The van der Waals surface area contributed by atoms with E-state index in [0.29, 0.717) is 11.7 Å². The van der Waals surface area contributed by atoms with Crippen LogP contribution in [0, 0.1) is 5.92 Å². The lowest BCUT2D eigenvalue weighted by atomic mass is 9.76. The number of hydrogen-bond acceptors (Lipinski definition) is 2. The Hall–Kier alpha value is -0.370. The third-order valence-corrected chi connectivity index (χ3v) is 5.12. The minimum absolute atomic E-state index is 0.143. The lowest BCUT2D eigenvalue weighted by Gasteiger charge is -2.37. The molecule has 2 saturated carbocycles. The molecule has 0 aromatic carbocycles. The van der Waals surface area contributed by atoms with Crippen LogP contribution in [0.25, 0.3) is 0 Å². The SMILES string of the molecule is CNC1(CC(=O)CC2CCCCC2)CCCCC1. The van der Waals surface area contributed by atoms with Gasteiger partial charge in [-0.2, -0.15) is 0 Å². The summed E-state index contributed by atoms with van der Waals surface area (Å²) in [6.07, 6.45) is 14.6. The van der Waals surface area contributed by atoms with Gasteiger partial charge in [-0.15, -0.1) is 0 Å². The van der Waals surface area contributed by atoms with Gasteiger partial charge in [0, 0.05) is 18.4 Å². The van der Waals surface area contributed by atoms with Gasteiger partial charge in [0.05, 0.1) is 0 Å². The fraction of sp³-hybridized carbons (Fsp3) is 0.938. The molecule has 18 heavy (non-hydrogen) atoms. The highest BCUT2D eigenvalue weighted by Gasteiger charge is 2.33. The number of Topliss-reactive ketones (excluding diaryl/α,β-unsaturated/α-hetero) is 1. The molecule has 0 aliphatic heterocycles. The van der Waals surface area contributed by atoms with Crippen molar-refractivity contribution in [2.45, 2.75) is 82.6 Å². The molecule has 0 unspecified atom stereocenters. The summed E-state index contributed by atoms with van der Waals surface area (Å²) in [5.74, 6) is 1.21. The number of carbonyl (C=O) groups is 1. The molecule has 0 saturated heterocycles. The molecule has 2 heteroatoms. The summed E-state index contributed by atoms with van der Waals surface area (Å²) >= 11 is 0. The second kappa shape index (κ2) is 6.70. The minimum Gasteiger partial charge on any atom is -0.314 e. The monoisotopic (exact) mass is 251 g/mol. The zero-order valence-corrected chi connectivity index (χ0v) is 12.0. The first-order valence-electron chi connectivity index (χ1n) is 7.95. The van der Waals surface area contributed by atoms with Crippen molar-refractivity contribution in [3.8, 4) is 0 Å². The Morgan fingerprint density at radius 3 is 2.28 bits per heavy atom. The van der Waals surface area contributed by atoms with Crippen LogP contribution in [0.2, 0.25) is 0 Å². The maximum atomic E-state index is 12.3. The van der Waals surface area contributed by atoms with E-state index in [1.54, 1.807) is 0 Å². The van der Waals surface area contributed by atoms with Gasteiger partial charge in [0.15, 0.2) is 0 Å². The molecule has 2 rings (SSSR count). The standard InChI is InChI=1S/C16H29NO/c1-17-16(10-6-3-7-11-16)13-15(18)12-14-8-4-2-5-9-14/h14,17H,2-13H2,1H3. The van der Waals surface area contributed by atoms with Gasteiger partial charge in [-0.3, -0.25) is 4.79 Å². The second-order valence-corrected chi connectivity index (χ2v) is 6.51. The number of nitrogens with one attached hydrogen (secondary N) is 1. The molecular weight excluding hydrogens is 222 g/mol. The maximum absolute atomic E-state index is 12.3. The second-order valence-electron chi connectivity index (χ2n) is 6.51. The van der Waals surface area contributed by atoms with Gasteiger partial charge in [0.2, 0.25) is 0 Å². The first-order chi connectivity index (χ1) is 8.74. The first kappa shape index (κ1) is 14.0. The topological polar surface area (TPSA) is 29.1 Å². The Kier molecular flexibility index (Phi) is 5.23. The molecule has 0 spiro atoms. The van der Waals surface area contributed by atoms with Crippen molar-refractivity contribution in [1.82, 2.24) is 5.32 Å². The van der Waals surface area contributed by atoms with Gasteiger partial charge in [-0.05, 0) is 25.8 Å². The summed E-state index contributed by atoms with van der Waals surface area (Å²) in [5.41, 5.74) is 0.143. The Morgan fingerprint density at radius 2 is 1.67 bits per heavy atom. The summed E-state index contributed by atoms with van der Waals surface area (Å²) in [5, 5.41) is 3.46. The fourth-order valence-electron chi connectivity index (χ4n) is 3.91. The summed E-state index contributed by atoms with van der Waals surface area (Å²) in [6, 6.07) is 0. The van der Waals surface area contributed by atoms with Crippen molar-refractivity contribution in [2.24, 2.45) is 5.92 Å². The number of hydrogen-bond donors (Lipinski definition) is 1. The van der Waals surface area contributed by atoms with Crippen molar-refractivity contribution in [1.29, 1.82) is 0 Å². The number of carbonyl (C=O) groups excluding carboxylic acids is 1. The molecule has 0 amide bonds. The Balaban J connectivity index is 1.81. The molecule has 0 atom stereocenters. The predicted octanol–water partition coefficient (Wildman–Crippen LogP) is 3.84. The molecular formula is C16H29NO. The highest BCUT2D eigenvalue weighted by Crippen LogP contribution is 2.33. The molecule has 2 aliphatic carbocycles. The summed E-state index contributed by atoms with van der Waals surface area (Å²) in [6.45, 7) is 0. The van der Waals surface area contributed by atoms with Crippen molar-refractivity contribution >= 4 is 5.78 Å². The normalized spacial score (nSPS) is 24.9. The van der Waals surface area contributed by atoms with Crippen LogP contribution >= 0.6 is 0 Å². The van der Waals surface area contributed by atoms with Gasteiger partial charge in [-0.1, -0.05) is 51.4 Å². The molecule has 2 fully saturated rings. The molecule has 104 valence electrons. The van der Waals surface area contributed by atoms with E-state index >= 15 is 0 Å². The number of ketones is 1. The van der Waals surface area contributed by atoms with Crippen molar-refractivity contribution in [3.05, 3.63) is 0 Å². The van der Waals surface area contributed by atoms with Crippen LogP contribution in [0.15, 0.2) is 0 Å². The smallest absolute Gasteiger partial charge is 0.135 e. The van der Waals surface area contributed by atoms with E-state index in [9.17, 15) is 4.79 Å². The van der Waals surface area contributed by atoms with Crippen molar-refractivity contribution in [3.63, 3.8) is 0 Å². The van der Waals surface area contributed by atoms with Gasteiger partial charge < -0.3 is 5.32 Å². The third kappa shape index (κ3) is 3.81. The van der Waals surface area contributed by atoms with Crippen LogP contribution in [-0.4, -0.2) is 18.4 Å². The Bertz CT molecular complexity index is 262. The molecule has 0 aromatic heterocycles. The van der Waals surface area contributed by atoms with Crippen LogP contribution in [0.5, 0.6) is 0 Å². The third-order valence-electron chi connectivity index (χ3n) is 5.12. The van der Waals surface area contributed by atoms with E-state index in [-0.39, 0.29) is 5.54 Å². The van der Waals surface area contributed by atoms with E-state index in [2.05, 4.69) is 5.32 Å². The van der Waals surface area contributed by atoms with Crippen LogP contribution in [0.3, 0.4) is 0 Å². The first-order valence-corrected chi connectivity index (χ1v) is 7.95. The van der Waals surface area contributed by atoms with Crippen LogP contribution in [0.1, 0.15) is 77.0 Å². The van der Waals surface area contributed by atoms with E-state index in [0.717, 1.165) is 12.8 Å². The van der Waals surface area contributed by atoms with Crippen molar-refractivity contribution in [2.75, 3.05) is 7.05 Å². The molecule has 2 nitrogen and oxygen atoms in total. The van der Waals surface area contributed by atoms with Gasteiger partial charge in [-0.25, -0.2) is 0 Å². The molecule has 1 N–H and O–H groups in total. The average Bonchev–Trinajstić information content (AvgIpc) is 2.41. The van der Waals surface area contributed by atoms with E-state index < -0.39 is 0 Å². The van der Waals surface area contributed by atoms with Crippen molar-refractivity contribution < 1.29 is 4.79 Å². The minimum atomic E-state index is 0.143. The van der Waals surface area contributed by atoms with Crippen LogP contribution in [-0.2, 0) is 4.79 Å². The van der Waals surface area contributed by atoms with Gasteiger partial charge in [0.1, 0.15) is 5.78 Å². The van der Waals surface area contributed by atoms with Crippen LogP contribution < -0.4 is 5.32 Å². The molecule has 0 radical (unpaired) electrons. The summed E-state index contributed by atoms with van der Waals surface area (Å²) in [7, 11) is 2.04. The summed E-state index contributed by atoms with van der Waals surface area (Å²) < 4.78 is 0. The van der Waals surface area contributed by atoms with E-state index in [1.807, 2.05) is 7.05 Å². The van der Waals surface area contributed by atoms with E-state index in [1.165, 1.54) is 64.2 Å². The van der Waals surface area contributed by atoms with Gasteiger partial charge in [0.25, 0.3) is 0 Å². The fourth-order valence-corrected chi connectivity index (χ4v) is 3.91. The Morgan fingerprint density at radius 1 is 1.06 bits per heavy atom. The van der Waals surface area contributed by atoms with Gasteiger partial charge >= 0.3 is 0 Å². The molecule has 0 aromatic rings. The summed E-state index contributed by atoms with van der Waals surface area (Å²) in [4.78, 5) is 12.3. The molecule has 2 aliphatic rings. The lowest BCUT2D eigenvalue weighted by molar-refractivity contribution is -0.122. The highest BCUT2D eigenvalue weighted by molar-refractivity contribution is 5.79. The maximum Gasteiger partial charge on any atom is 0.135 e. The van der Waals surface area contributed by atoms with E-state index in [4.69, 9.17) is 0 Å². The lowest BCUT2D eigenvalue weighted by Crippen LogP contribution is -2.46. The zero-order chi connectivity index (χ0) is 12.8. The molecule has 0 heterocycles. The average molecular weight is 251 g/mol. The predicted molar refractivity (Wildman–Crippen MR) is 75.7 cm³/mol. The Labute approximate surface area is 112 Å². The molecule has 0 bridgehead atoms. The van der Waals surface area contributed by atoms with Crippen LogP contribution in [0.4, 0.5) is 0 Å². The quantitative estimate of drug-likeness (QED) is 0.804. The highest BCUT2D eigenvalue weighted by atomic mass is 16.1. The largest absolute Gasteiger partial charge is 0.314 e. The number of rotatable bonds is 5.